The second-order valence-electron chi connectivity index (χ2n) is 6.24. The number of benzene rings is 2. The zero-order chi connectivity index (χ0) is 19.0. The van der Waals surface area contributed by atoms with Crippen LogP contribution in [0.5, 0.6) is 11.5 Å². The number of aromatic nitrogens is 2. The van der Waals surface area contributed by atoms with E-state index in [0.717, 1.165) is 5.56 Å². The van der Waals surface area contributed by atoms with Crippen LogP contribution in [-0.4, -0.2) is 29.7 Å². The van der Waals surface area contributed by atoms with Gasteiger partial charge in [0.25, 0.3) is 0 Å². The van der Waals surface area contributed by atoms with Crippen LogP contribution in [-0.2, 0) is 4.79 Å². The maximum absolute atomic E-state index is 13.6. The minimum atomic E-state index is -0.358. The molecule has 3 aromatic rings. The molecule has 0 radical (unpaired) electrons. The number of anilines is 1. The van der Waals surface area contributed by atoms with E-state index in [4.69, 9.17) is 9.47 Å². The van der Waals surface area contributed by atoms with Gasteiger partial charge in [0.2, 0.25) is 5.91 Å². The molecule has 0 aliphatic carbocycles. The highest BCUT2D eigenvalue weighted by Gasteiger charge is 2.33. The van der Waals surface area contributed by atoms with Crippen molar-refractivity contribution in [3.63, 3.8) is 0 Å². The first kappa shape index (κ1) is 17.1. The third kappa shape index (κ3) is 3.01. The first-order valence-corrected chi connectivity index (χ1v) is 8.45. The Labute approximate surface area is 155 Å². The summed E-state index contributed by atoms with van der Waals surface area (Å²) in [6.45, 7) is 0. The molecule has 0 spiro atoms. The van der Waals surface area contributed by atoms with E-state index < -0.39 is 0 Å². The molecule has 1 aliphatic rings. The fraction of sp³-hybridized carbons (Fsp3) is 0.200. The lowest BCUT2D eigenvalue weighted by Gasteiger charge is -2.25. The molecule has 2 aromatic carbocycles. The van der Waals surface area contributed by atoms with Gasteiger partial charge in [-0.3, -0.25) is 9.36 Å². The molecule has 1 N–H and O–H groups in total. The van der Waals surface area contributed by atoms with Crippen LogP contribution in [0.2, 0.25) is 0 Å². The van der Waals surface area contributed by atoms with E-state index >= 15 is 0 Å². The van der Waals surface area contributed by atoms with Crippen LogP contribution in [0.1, 0.15) is 23.6 Å². The maximum atomic E-state index is 13.6. The fourth-order valence-corrected chi connectivity index (χ4v) is 3.40. The molecule has 27 heavy (non-hydrogen) atoms. The van der Waals surface area contributed by atoms with E-state index in [1.807, 2.05) is 12.1 Å². The van der Waals surface area contributed by atoms with Crippen molar-refractivity contribution in [1.82, 2.24) is 9.55 Å². The van der Waals surface area contributed by atoms with Crippen LogP contribution in [0.4, 0.5) is 10.2 Å². The molecule has 1 unspecified atom stereocenters. The summed E-state index contributed by atoms with van der Waals surface area (Å²) in [5.74, 6) is 1.06. The Morgan fingerprint density at radius 1 is 1.19 bits per heavy atom. The van der Waals surface area contributed by atoms with Crippen LogP contribution in [0.3, 0.4) is 0 Å². The first-order chi connectivity index (χ1) is 13.1. The molecule has 1 amide bonds. The van der Waals surface area contributed by atoms with Gasteiger partial charge in [-0.05, 0) is 36.4 Å². The van der Waals surface area contributed by atoms with Crippen LogP contribution in [0.15, 0.2) is 48.8 Å². The summed E-state index contributed by atoms with van der Waals surface area (Å²) in [5, 5.41) is 2.86. The highest BCUT2D eigenvalue weighted by molar-refractivity contribution is 5.94. The number of imidazole rings is 1. The van der Waals surface area contributed by atoms with Gasteiger partial charge in [0, 0.05) is 17.9 Å². The summed E-state index contributed by atoms with van der Waals surface area (Å²) in [6.07, 6.45) is 1.82. The topological polar surface area (TPSA) is 65.4 Å². The molecule has 6 nitrogen and oxygen atoms in total. The number of fused-ring (bicyclic) bond motifs is 1. The van der Waals surface area contributed by atoms with Crippen LogP contribution in [0.25, 0.3) is 5.69 Å². The van der Waals surface area contributed by atoms with Gasteiger partial charge in [0.15, 0.2) is 0 Å². The Morgan fingerprint density at radius 2 is 2.04 bits per heavy atom. The van der Waals surface area contributed by atoms with Crippen molar-refractivity contribution in [3.05, 3.63) is 65.9 Å². The second-order valence-corrected chi connectivity index (χ2v) is 6.24. The number of halogens is 1. The third-order valence-corrected chi connectivity index (χ3v) is 4.67. The van der Waals surface area contributed by atoms with E-state index in [1.165, 1.54) is 12.1 Å². The Kier molecular flexibility index (Phi) is 4.27. The van der Waals surface area contributed by atoms with Gasteiger partial charge in [0.1, 0.15) is 29.5 Å². The normalized spacial score (nSPS) is 15.8. The SMILES string of the molecule is COc1ccc(OC)c(C2CC(=O)Nc3c2ncn3-c2cccc(F)c2)c1. The summed E-state index contributed by atoms with van der Waals surface area (Å²) in [7, 11) is 3.17. The molecule has 1 atom stereocenters. The monoisotopic (exact) mass is 367 g/mol. The van der Waals surface area contributed by atoms with Crippen molar-refractivity contribution >= 4 is 11.7 Å². The number of hydrogen-bond donors (Lipinski definition) is 1. The number of amides is 1. The fourth-order valence-electron chi connectivity index (χ4n) is 3.40. The molecule has 0 saturated heterocycles. The molecular formula is C20H18FN3O3. The summed E-state index contributed by atoms with van der Waals surface area (Å²) in [6, 6.07) is 11.6. The maximum Gasteiger partial charge on any atom is 0.226 e. The largest absolute Gasteiger partial charge is 0.497 e. The summed E-state index contributed by atoms with van der Waals surface area (Å²) in [4.78, 5) is 16.9. The lowest BCUT2D eigenvalue weighted by molar-refractivity contribution is -0.116. The van der Waals surface area contributed by atoms with Crippen molar-refractivity contribution in [2.24, 2.45) is 0 Å². The molecule has 7 heteroatoms. The number of carbonyl (C=O) groups excluding carboxylic acids is 1. The molecule has 0 fully saturated rings. The van der Waals surface area contributed by atoms with Crippen LogP contribution in [0, 0.1) is 5.82 Å². The van der Waals surface area contributed by atoms with Gasteiger partial charge in [-0.25, -0.2) is 9.37 Å². The molecule has 1 aliphatic heterocycles. The molecule has 4 rings (SSSR count). The van der Waals surface area contributed by atoms with E-state index in [0.29, 0.717) is 28.7 Å². The molecule has 0 bridgehead atoms. The van der Waals surface area contributed by atoms with Crippen molar-refractivity contribution in [3.8, 4) is 17.2 Å². The number of carbonyl (C=O) groups is 1. The van der Waals surface area contributed by atoms with E-state index in [9.17, 15) is 9.18 Å². The van der Waals surface area contributed by atoms with Gasteiger partial charge in [-0.2, -0.15) is 0 Å². The van der Waals surface area contributed by atoms with Crippen molar-refractivity contribution in [2.75, 3.05) is 19.5 Å². The zero-order valence-electron chi connectivity index (χ0n) is 14.9. The minimum absolute atomic E-state index is 0.143. The van der Waals surface area contributed by atoms with E-state index in [-0.39, 0.29) is 24.1 Å². The van der Waals surface area contributed by atoms with E-state index in [2.05, 4.69) is 10.3 Å². The van der Waals surface area contributed by atoms with Crippen LogP contribution < -0.4 is 14.8 Å². The number of hydrogen-bond acceptors (Lipinski definition) is 4. The smallest absolute Gasteiger partial charge is 0.226 e. The quantitative estimate of drug-likeness (QED) is 0.766. The highest BCUT2D eigenvalue weighted by Crippen LogP contribution is 2.42. The Bertz CT molecular complexity index is 1020. The Morgan fingerprint density at radius 3 is 2.78 bits per heavy atom. The third-order valence-electron chi connectivity index (χ3n) is 4.67. The van der Waals surface area contributed by atoms with Crippen molar-refractivity contribution in [1.29, 1.82) is 0 Å². The van der Waals surface area contributed by atoms with Gasteiger partial charge in [0.05, 0.1) is 25.6 Å². The zero-order valence-corrected chi connectivity index (χ0v) is 14.9. The molecule has 138 valence electrons. The lowest BCUT2D eigenvalue weighted by Crippen LogP contribution is -2.25. The predicted octanol–water partition coefficient (Wildman–Crippen LogP) is 3.50. The summed E-state index contributed by atoms with van der Waals surface area (Å²) >= 11 is 0. The second kappa shape index (κ2) is 6.75. The number of nitrogens with zero attached hydrogens (tertiary/aromatic N) is 2. The van der Waals surface area contributed by atoms with Gasteiger partial charge < -0.3 is 14.8 Å². The first-order valence-electron chi connectivity index (χ1n) is 8.45. The molecule has 0 saturated carbocycles. The number of rotatable bonds is 4. The average Bonchev–Trinajstić information content (AvgIpc) is 3.10. The average molecular weight is 367 g/mol. The Hall–Kier alpha value is -3.35. The number of methoxy groups -OCH3 is 2. The number of ether oxygens (including phenoxy) is 2. The summed E-state index contributed by atoms with van der Waals surface area (Å²) in [5.41, 5.74) is 2.10. The lowest BCUT2D eigenvalue weighted by atomic mass is 9.89. The molecule has 1 aromatic heterocycles. The highest BCUT2D eigenvalue weighted by atomic mass is 19.1. The predicted molar refractivity (Wildman–Crippen MR) is 98.2 cm³/mol. The molecular weight excluding hydrogens is 349 g/mol. The minimum Gasteiger partial charge on any atom is -0.497 e. The van der Waals surface area contributed by atoms with Crippen molar-refractivity contribution in [2.45, 2.75) is 12.3 Å². The molecule has 2 heterocycles. The Balaban J connectivity index is 1.85. The van der Waals surface area contributed by atoms with E-state index in [1.54, 1.807) is 43.3 Å². The number of nitrogens with one attached hydrogen (secondary N) is 1. The van der Waals surface area contributed by atoms with Crippen LogP contribution >= 0.6 is 0 Å². The van der Waals surface area contributed by atoms with Gasteiger partial charge in [-0.15, -0.1) is 0 Å². The van der Waals surface area contributed by atoms with Gasteiger partial charge >= 0.3 is 0 Å². The van der Waals surface area contributed by atoms with Gasteiger partial charge in [-0.1, -0.05) is 6.07 Å². The summed E-state index contributed by atoms with van der Waals surface area (Å²) < 4.78 is 26.1. The van der Waals surface area contributed by atoms with Crippen molar-refractivity contribution < 1.29 is 18.7 Å². The standard InChI is InChI=1S/C20H18FN3O3/c1-26-14-6-7-17(27-2)15(9-14)16-10-18(25)23-20-19(16)22-11-24(20)13-5-3-4-12(21)8-13/h3-9,11,16H,10H2,1-2H3,(H,23,25).